The van der Waals surface area contributed by atoms with E-state index in [0.29, 0.717) is 0 Å². The van der Waals surface area contributed by atoms with E-state index < -0.39 is 6.29 Å². The number of rotatable bonds is 9. The number of nitrogens with zero attached hydrogens (tertiary/aromatic N) is 6. The molecule has 3 heterocycles. The first-order chi connectivity index (χ1) is 22.0. The number of hydrogen-bond acceptors (Lipinski definition) is 3. The second kappa shape index (κ2) is 14.0. The Morgan fingerprint density at radius 1 is 0.457 bits per heavy atom. The van der Waals surface area contributed by atoms with Crippen molar-refractivity contribution in [2.45, 2.75) is 64.1 Å². The first kappa shape index (κ1) is 33.7. The van der Waals surface area contributed by atoms with Crippen LogP contribution in [0.1, 0.15) is 81.6 Å². The molecule has 0 aliphatic carbocycles. The molecule has 0 aliphatic rings. The Labute approximate surface area is 287 Å². The summed E-state index contributed by atoms with van der Waals surface area (Å²) in [4.78, 5) is 0. The van der Waals surface area contributed by atoms with Crippen molar-refractivity contribution >= 4 is 20.2 Å². The number of halogens is 2. The van der Waals surface area contributed by atoms with Gasteiger partial charge < -0.3 is 0 Å². The van der Waals surface area contributed by atoms with Gasteiger partial charge in [0.05, 0.1) is 17.1 Å². The summed E-state index contributed by atoms with van der Waals surface area (Å²) >= 11 is 0.00694. The molecule has 0 atom stereocenters. The zero-order valence-corrected chi connectivity index (χ0v) is 29.7. The second-order valence-electron chi connectivity index (χ2n) is 12.9. The van der Waals surface area contributed by atoms with E-state index in [1.54, 1.807) is 0 Å². The van der Waals surface area contributed by atoms with Gasteiger partial charge in [0.15, 0.2) is 0 Å². The monoisotopic (exact) mass is 693 g/mol. The van der Waals surface area contributed by atoms with Crippen LogP contribution in [-0.4, -0.2) is 29.3 Å². The first-order valence-electron chi connectivity index (χ1n) is 15.2. The summed E-state index contributed by atoms with van der Waals surface area (Å²) in [6.45, 7) is 13.3. The van der Waals surface area contributed by atoms with Gasteiger partial charge in [0, 0.05) is 34.8 Å². The molecule has 0 amide bonds. The van der Waals surface area contributed by atoms with Crippen LogP contribution in [0.2, 0.25) is 0 Å². The fourth-order valence-corrected chi connectivity index (χ4v) is 5.77. The molecular weight excluding hydrogens is 654 g/mol. The van der Waals surface area contributed by atoms with Crippen molar-refractivity contribution in [2.24, 2.45) is 0 Å². The maximum atomic E-state index is 5.17. The van der Waals surface area contributed by atoms with Gasteiger partial charge in [-0.05, 0) is 34.9 Å². The van der Waals surface area contributed by atoms with Gasteiger partial charge in [-0.1, -0.05) is 133 Å². The molecule has 0 aliphatic heterocycles. The maximum absolute atomic E-state index is 5.17. The Morgan fingerprint density at radius 3 is 0.935 bits per heavy atom. The molecule has 9 heteroatoms. The molecule has 46 heavy (non-hydrogen) atoms. The number of hydrogen-bond donors (Lipinski definition) is 0. The van der Waals surface area contributed by atoms with Crippen molar-refractivity contribution in [3.63, 3.8) is 0 Å². The second-order valence-corrected chi connectivity index (χ2v) is 14.9. The van der Waals surface area contributed by atoms with Crippen LogP contribution in [0.4, 0.5) is 0 Å². The molecule has 0 radical (unpaired) electrons. The predicted molar refractivity (Wildman–Crippen MR) is 184 cm³/mol. The first-order valence-corrected chi connectivity index (χ1v) is 18.5. The average molecular weight is 695 g/mol. The molecule has 3 aromatic carbocycles. The third-order valence-electron chi connectivity index (χ3n) is 8.94. The van der Waals surface area contributed by atoms with Crippen LogP contribution in [0, 0.1) is 0 Å². The summed E-state index contributed by atoms with van der Waals surface area (Å²) in [7, 11) is 9.59. The van der Waals surface area contributed by atoms with E-state index in [1.807, 2.05) is 50.8 Å². The molecule has 239 valence electrons. The van der Waals surface area contributed by atoms with Crippen molar-refractivity contribution in [1.82, 2.24) is 29.3 Å². The topological polar surface area (TPSA) is 53.5 Å². The van der Waals surface area contributed by atoms with Crippen molar-refractivity contribution in [3.8, 4) is 0 Å². The molecule has 6 nitrogen and oxygen atoms in total. The summed E-state index contributed by atoms with van der Waals surface area (Å²) in [6, 6.07) is 37.9. The third-order valence-corrected chi connectivity index (χ3v) is 8.94. The van der Waals surface area contributed by atoms with Crippen molar-refractivity contribution in [2.75, 3.05) is 0 Å². The van der Waals surface area contributed by atoms with Crippen molar-refractivity contribution in [1.29, 1.82) is 0 Å². The summed E-state index contributed by atoms with van der Waals surface area (Å²) in [6.07, 6.45) is 5.69. The Morgan fingerprint density at radius 2 is 0.696 bits per heavy atom. The SMILES string of the molecule is CC(C)(c1ccccc1)c1ccn(C(n2ccc(C(C)(C)c3ccccc3)n2)n2ccc(C(C)(C)c3ccccc3)n2)n1.[Cl][Mn][Cl]. The molecule has 0 saturated heterocycles. The Bertz CT molecular complexity index is 1610. The Balaban J connectivity index is 0.00000134. The summed E-state index contributed by atoms with van der Waals surface area (Å²) in [5, 5.41) is 15.5. The molecule has 0 spiro atoms. The van der Waals surface area contributed by atoms with Crippen molar-refractivity contribution < 1.29 is 13.1 Å². The zero-order chi connectivity index (χ0) is 33.0. The van der Waals surface area contributed by atoms with Gasteiger partial charge in [-0.3, -0.25) is 0 Å². The van der Waals surface area contributed by atoms with Crippen LogP contribution in [0.15, 0.2) is 128 Å². The summed E-state index contributed by atoms with van der Waals surface area (Å²) in [5.74, 6) is 0. The average Bonchev–Trinajstić information content (AvgIpc) is 3.86. The van der Waals surface area contributed by atoms with E-state index in [1.165, 1.54) is 16.7 Å². The standard InChI is InChI=1S/C37H40N6.2ClH.Mn/c1-35(2,28-16-10-7-11-17-28)31-22-25-41(38-31)34(42-26-23-32(39-42)36(3,4)29-18-12-8-13-19-29)43-27-24-33(40-43)37(5,6)30-20-14-9-15-21-30;;;/h7-27,34H,1-6H3;2*1H;/q;;;+2/p-2. The Kier molecular flexibility index (Phi) is 10.3. The molecule has 0 fully saturated rings. The molecule has 6 aromatic rings. The van der Waals surface area contributed by atoms with E-state index in [9.17, 15) is 0 Å². The zero-order valence-electron chi connectivity index (χ0n) is 27.0. The van der Waals surface area contributed by atoms with Crippen LogP contribution in [0.5, 0.6) is 0 Å². The Hall–Kier alpha value is -3.61. The molecule has 0 unspecified atom stereocenters. The molecule has 0 saturated carbocycles. The minimum atomic E-state index is -0.430. The van der Waals surface area contributed by atoms with Crippen LogP contribution < -0.4 is 0 Å². The minimum absolute atomic E-state index is 0.00694. The third kappa shape index (κ3) is 6.89. The quantitative estimate of drug-likeness (QED) is 0.142. The van der Waals surface area contributed by atoms with Crippen LogP contribution >= 0.6 is 20.2 Å². The summed E-state index contributed by atoms with van der Waals surface area (Å²) in [5.41, 5.74) is 5.79. The molecular formula is C37H40Cl2MnN6. The fourth-order valence-electron chi connectivity index (χ4n) is 5.77. The van der Waals surface area contributed by atoms with E-state index in [2.05, 4.69) is 133 Å². The molecule has 3 aromatic heterocycles. The van der Waals surface area contributed by atoms with Gasteiger partial charge >= 0.3 is 33.3 Å². The van der Waals surface area contributed by atoms with Gasteiger partial charge in [0.1, 0.15) is 0 Å². The van der Waals surface area contributed by atoms with Crippen LogP contribution in [-0.2, 0) is 29.4 Å². The fraction of sp³-hybridized carbons (Fsp3) is 0.270. The normalized spacial score (nSPS) is 12.2. The van der Waals surface area contributed by atoms with E-state index in [0.717, 1.165) is 17.1 Å². The van der Waals surface area contributed by atoms with Gasteiger partial charge in [-0.15, -0.1) is 0 Å². The molecule has 0 N–H and O–H groups in total. The van der Waals surface area contributed by atoms with Crippen molar-refractivity contribution in [3.05, 3.63) is 162 Å². The number of benzene rings is 3. The van der Waals surface area contributed by atoms with Gasteiger partial charge in [0.2, 0.25) is 6.29 Å². The number of aromatic nitrogens is 6. The van der Waals surface area contributed by atoms with Crippen LogP contribution in [0.3, 0.4) is 0 Å². The van der Waals surface area contributed by atoms with Crippen LogP contribution in [0.25, 0.3) is 0 Å². The van der Waals surface area contributed by atoms with Gasteiger partial charge in [-0.25, -0.2) is 14.0 Å². The van der Waals surface area contributed by atoms with E-state index in [-0.39, 0.29) is 29.4 Å². The molecule has 6 rings (SSSR count). The molecule has 0 bridgehead atoms. The van der Waals surface area contributed by atoms with E-state index in [4.69, 9.17) is 35.5 Å². The summed E-state index contributed by atoms with van der Waals surface area (Å²) < 4.78 is 5.91. The van der Waals surface area contributed by atoms with Gasteiger partial charge in [-0.2, -0.15) is 15.3 Å². The predicted octanol–water partition coefficient (Wildman–Crippen LogP) is 9.18. The van der Waals surface area contributed by atoms with Gasteiger partial charge in [0.25, 0.3) is 0 Å². The van der Waals surface area contributed by atoms with E-state index >= 15 is 0 Å².